The van der Waals surface area contributed by atoms with Crippen molar-refractivity contribution in [3.63, 3.8) is 0 Å². The van der Waals surface area contributed by atoms with Crippen LogP contribution in [0.2, 0.25) is 127 Å². The van der Waals surface area contributed by atoms with Gasteiger partial charge in [-0.2, -0.15) is 0 Å². The Bertz CT molecular complexity index is 2810. The molecule has 0 saturated carbocycles. The first-order valence-electron chi connectivity index (χ1n) is 45.1. The standard InChI is InChI=1S/C84H168O35Si7/c1-78(2,3)120(22,23)99-36-43-64-50(85)57(92)71(106-43)114-65-44(37-100-121(24,25)79(4,5)6)108-73(59(94)52(65)87)116-67-46(39-102-123(28,29)81(10,11)12)110-75(61(96)54(67)89)118-69-48(41-104-125(32,33)83(16,17)18)112-77(63(98)56(69)91)119-70-49(42-105-126(34,35)84(19,20)21)111-76(62(97)55(70)90)117-68-47(40-103-124(30,31)82(13,14)15)109-74(60(95)53(68)88)115-66-45(38-101-122(26,27)80(7,8)9)107-72(113-64)58(93)51(66)86/h43-77,85-98H,36-42H2,1-35H3/t43-,44-,45-,46-,47-,48-,49-,50-,51-,52-,53-,54-,55-,56-,57-,58-,59-,60-,61-,62-,63-,64-,65-,66-,67-,68-,69-,70-,71-,72-,73-,74-,75-,76-,77-/m1/s1. The van der Waals surface area contributed by atoms with Crippen molar-refractivity contribution in [2.24, 2.45) is 0 Å². The van der Waals surface area contributed by atoms with E-state index in [2.05, 4.69) is 0 Å². The molecule has 0 unspecified atom stereocenters. The highest BCUT2D eigenvalue weighted by molar-refractivity contribution is 6.76. The van der Waals surface area contributed by atoms with Crippen molar-refractivity contribution in [1.82, 2.24) is 0 Å². The Morgan fingerprint density at radius 3 is 0.325 bits per heavy atom. The smallest absolute Gasteiger partial charge is 0.192 e. The monoisotopic (exact) mass is 1930 g/mol. The van der Waals surface area contributed by atoms with Gasteiger partial charge in [0.25, 0.3) is 0 Å². The van der Waals surface area contributed by atoms with Crippen molar-refractivity contribution in [1.29, 1.82) is 0 Å². The third kappa shape index (κ3) is 25.2. The summed E-state index contributed by atoms with van der Waals surface area (Å²) in [6, 6.07) is 0. The van der Waals surface area contributed by atoms with Crippen LogP contribution in [0.5, 0.6) is 0 Å². The predicted molar refractivity (Wildman–Crippen MR) is 481 cm³/mol. The summed E-state index contributed by atoms with van der Waals surface area (Å²) in [6.07, 6.45) is -65.0. The lowest BCUT2D eigenvalue weighted by Crippen LogP contribution is -2.69. The van der Waals surface area contributed by atoms with E-state index in [0.29, 0.717) is 0 Å². The maximum atomic E-state index is 12.8. The molecule has 0 aromatic rings. The summed E-state index contributed by atoms with van der Waals surface area (Å²) in [5, 5.41) is 175. The van der Waals surface area contributed by atoms with Gasteiger partial charge in [-0.1, -0.05) is 145 Å². The number of rotatable bonds is 21. The summed E-state index contributed by atoms with van der Waals surface area (Å²) >= 11 is 0. The second kappa shape index (κ2) is 40.9. The summed E-state index contributed by atoms with van der Waals surface area (Å²) in [5.74, 6) is 0. The van der Waals surface area contributed by atoms with Crippen molar-refractivity contribution >= 4 is 58.2 Å². The number of hydrogen-bond acceptors (Lipinski definition) is 35. The van der Waals surface area contributed by atoms with Gasteiger partial charge >= 0.3 is 0 Å². The molecule has 21 rings (SSSR count). The van der Waals surface area contributed by atoms with Crippen LogP contribution in [-0.2, 0) is 97.3 Å². The maximum Gasteiger partial charge on any atom is 0.192 e. The molecule has 14 N–H and O–H groups in total. The minimum absolute atomic E-state index is 0.370. The summed E-state index contributed by atoms with van der Waals surface area (Å²) in [7, 11) is -19.7. The molecule has 21 aliphatic heterocycles. The minimum Gasteiger partial charge on any atom is -0.414 e. The molecule has 0 aromatic carbocycles. The quantitative estimate of drug-likeness (QED) is 0.0588. The van der Waals surface area contributed by atoms with E-state index in [-0.39, 0.29) is 46.2 Å². The molecule has 21 aliphatic rings. The largest absolute Gasteiger partial charge is 0.414 e. The molecule has 21 fully saturated rings. The van der Waals surface area contributed by atoms with Gasteiger partial charge in [0.15, 0.2) is 102 Å². The van der Waals surface area contributed by atoms with Crippen LogP contribution in [0.3, 0.4) is 0 Å². The van der Waals surface area contributed by atoms with Crippen molar-refractivity contribution in [2.75, 3.05) is 46.2 Å². The van der Waals surface area contributed by atoms with E-state index in [1.807, 2.05) is 237 Å². The van der Waals surface area contributed by atoms with Gasteiger partial charge in [0.1, 0.15) is 171 Å². The van der Waals surface area contributed by atoms with E-state index in [1.54, 1.807) is 0 Å². The second-order valence-electron chi connectivity index (χ2n) is 46.9. The first-order chi connectivity index (χ1) is 56.9. The molecule has 126 heavy (non-hydrogen) atoms. The molecule has 35 atom stereocenters. The lowest BCUT2D eigenvalue weighted by molar-refractivity contribution is -0.396. The average molecular weight is 1930 g/mol. The topological polar surface area (TPSA) is 477 Å². The molecular weight excluding hydrogens is 1770 g/mol. The third-order valence-corrected chi connectivity index (χ3v) is 61.9. The third-order valence-electron chi connectivity index (χ3n) is 30.4. The number of hydrogen-bond donors (Lipinski definition) is 14. The molecule has 14 bridgehead atoms. The molecular formula is C84H168O35Si7. The van der Waals surface area contributed by atoms with Gasteiger partial charge in [-0.15, -0.1) is 0 Å². The van der Waals surface area contributed by atoms with Gasteiger partial charge in [0.05, 0.1) is 46.2 Å². The number of aliphatic hydroxyl groups is 14. The van der Waals surface area contributed by atoms with Gasteiger partial charge in [-0.05, 0) is 127 Å². The van der Waals surface area contributed by atoms with E-state index in [0.717, 1.165) is 0 Å². The molecule has 21 saturated heterocycles. The molecule has 35 nitrogen and oxygen atoms in total. The minimum atomic E-state index is -2.81. The van der Waals surface area contributed by atoms with Crippen LogP contribution in [0.1, 0.15) is 145 Å². The molecule has 742 valence electrons. The van der Waals surface area contributed by atoms with Gasteiger partial charge in [0, 0.05) is 0 Å². The molecule has 0 aliphatic carbocycles. The van der Waals surface area contributed by atoms with Crippen LogP contribution in [0.4, 0.5) is 0 Å². The zero-order valence-corrected chi connectivity index (χ0v) is 89.0. The number of aliphatic hydroxyl groups excluding tert-OH is 14. The molecule has 0 radical (unpaired) electrons. The fourth-order valence-corrected chi connectivity index (χ4v) is 21.0. The van der Waals surface area contributed by atoms with Gasteiger partial charge < -0.3 is 169 Å². The van der Waals surface area contributed by atoms with E-state index >= 15 is 0 Å². The first kappa shape index (κ1) is 111. The summed E-state index contributed by atoms with van der Waals surface area (Å²) < 4.78 is 141. The lowest BCUT2D eigenvalue weighted by atomic mass is 9.95. The van der Waals surface area contributed by atoms with Crippen LogP contribution < -0.4 is 0 Å². The fraction of sp³-hybridized carbons (Fsp3) is 1.00. The fourth-order valence-electron chi connectivity index (χ4n) is 13.9. The zero-order valence-electron chi connectivity index (χ0n) is 82.0. The van der Waals surface area contributed by atoms with Crippen LogP contribution in [0.25, 0.3) is 0 Å². The Balaban J connectivity index is 1.31. The molecule has 0 spiro atoms. The highest BCUT2D eigenvalue weighted by atomic mass is 28.4. The van der Waals surface area contributed by atoms with Crippen molar-refractivity contribution < 1.29 is 169 Å². The normalized spacial score (nSPS) is 40.5. The molecule has 21 heterocycles. The van der Waals surface area contributed by atoms with Crippen molar-refractivity contribution in [3.05, 3.63) is 0 Å². The summed E-state index contributed by atoms with van der Waals surface area (Å²) in [4.78, 5) is 0. The summed E-state index contributed by atoms with van der Waals surface area (Å²) in [5.41, 5.74) is 0. The van der Waals surface area contributed by atoms with Crippen LogP contribution in [0.15, 0.2) is 0 Å². The Hall–Kier alpha value is 0.118. The average Bonchev–Trinajstić information content (AvgIpc) is 0.778. The van der Waals surface area contributed by atoms with Crippen molar-refractivity contribution in [2.45, 2.75) is 487 Å². The SMILES string of the molecule is CC(C)(C)[Si](C)(C)OC[C@H]1O[C@@H]2O[C@H]3[C@H](O)[C@@H](O)[C@@H](O[C@H]4[C@H](O)[C@@H](O)[C@@H](O[C@H]5[C@H](O)[C@@H](O)[C@@H](O[C@H]6[C@H](O)[C@@H](O)[C@@H](O[C@H]7[C@H](O)[C@@H](O)[C@@H](O[C@H]8[C@H](O)[C@@H](O)[C@@H](O[C@H]1[C@H](O)[C@H]2O)O[C@@H]8CO[Si](C)(C)C(C)(C)C)O[C@@H]7CO[Si](C)(C)C(C)(C)C)O[C@@H]6CO[Si](C)(C)C(C)(C)C)O[C@@H]5CO[Si](C)(C)C(C)(C)C)O[C@@H]4CO[Si](C)(C)C(C)(C)C)O[C@@H]3CO[Si](C)(C)C(C)(C)C. The van der Waals surface area contributed by atoms with Crippen LogP contribution in [0, 0.1) is 0 Å². The maximum absolute atomic E-state index is 12.8. The number of ether oxygens (including phenoxy) is 14. The highest BCUT2D eigenvalue weighted by Crippen LogP contribution is 2.48. The predicted octanol–water partition coefficient (Wildman–Crippen LogP) is 5.98. The van der Waals surface area contributed by atoms with E-state index < -0.39 is 308 Å². The van der Waals surface area contributed by atoms with Gasteiger partial charge in [0.2, 0.25) is 0 Å². The Kier molecular flexibility index (Phi) is 36.2. The molecule has 0 amide bonds. The summed E-state index contributed by atoms with van der Waals surface area (Å²) in [6.45, 7) is 67.0. The zero-order chi connectivity index (χ0) is 96.0. The van der Waals surface area contributed by atoms with Crippen molar-refractivity contribution in [3.8, 4) is 0 Å². The molecule has 42 heteroatoms. The van der Waals surface area contributed by atoms with Gasteiger partial charge in [-0.3, -0.25) is 0 Å². The van der Waals surface area contributed by atoms with Crippen LogP contribution >= 0.6 is 0 Å². The Morgan fingerprint density at radius 1 is 0.159 bits per heavy atom. The second-order valence-corrected chi connectivity index (χ2v) is 80.5. The lowest BCUT2D eigenvalue weighted by Gasteiger charge is -2.51. The Labute approximate surface area is 756 Å². The van der Waals surface area contributed by atoms with E-state index in [9.17, 15) is 71.5 Å². The van der Waals surface area contributed by atoms with Gasteiger partial charge in [-0.25, -0.2) is 0 Å². The van der Waals surface area contributed by atoms with E-state index in [4.69, 9.17) is 97.3 Å². The molecule has 0 aromatic heterocycles. The highest BCUT2D eigenvalue weighted by Gasteiger charge is 2.63. The van der Waals surface area contributed by atoms with Crippen LogP contribution in [-0.4, -0.2) is 391 Å². The van der Waals surface area contributed by atoms with E-state index in [1.165, 1.54) is 0 Å². The Morgan fingerprint density at radius 2 is 0.246 bits per heavy atom. The first-order valence-corrected chi connectivity index (χ1v) is 65.5.